The molecule has 1 aliphatic rings. The first-order chi connectivity index (χ1) is 13.5. The summed E-state index contributed by atoms with van der Waals surface area (Å²) in [6, 6.07) is 4.54. The van der Waals surface area contributed by atoms with Gasteiger partial charge in [-0.15, -0.1) is 0 Å². The minimum atomic E-state index is -0.101. The Morgan fingerprint density at radius 1 is 0.767 bits per heavy atom. The van der Waals surface area contributed by atoms with E-state index >= 15 is 0 Å². The van der Waals surface area contributed by atoms with Crippen molar-refractivity contribution in [3.63, 3.8) is 0 Å². The predicted molar refractivity (Wildman–Crippen MR) is 128 cm³/mol. The molecule has 0 atom stereocenters. The second kappa shape index (κ2) is 8.82. The van der Waals surface area contributed by atoms with Gasteiger partial charge in [0.15, 0.2) is 0 Å². The standard InChI is InChI=1S/C27H47NO2/c1-24(2,3)18-26(7,8)21-15-20(17-28-11-13-30-14-12-28)16-22(23(21)29)27(9,10)19-25(4,5)6/h15-16,29H,11-14,17-19H2,1-10H3. The minimum Gasteiger partial charge on any atom is -0.507 e. The van der Waals surface area contributed by atoms with Crippen molar-refractivity contribution in [3.05, 3.63) is 28.8 Å². The number of aromatic hydroxyl groups is 1. The Kier molecular flexibility index (Phi) is 7.41. The Morgan fingerprint density at radius 3 is 1.53 bits per heavy atom. The highest BCUT2D eigenvalue weighted by atomic mass is 16.5. The fourth-order valence-electron chi connectivity index (χ4n) is 5.68. The van der Waals surface area contributed by atoms with Gasteiger partial charge in [0.1, 0.15) is 5.75 Å². The molecule has 1 fully saturated rings. The topological polar surface area (TPSA) is 32.7 Å². The molecule has 0 saturated carbocycles. The Morgan fingerprint density at radius 2 is 1.17 bits per heavy atom. The molecule has 0 bridgehead atoms. The number of rotatable bonds is 6. The number of nitrogens with zero attached hydrogens (tertiary/aromatic N) is 1. The van der Waals surface area contributed by atoms with Crippen LogP contribution in [0, 0.1) is 10.8 Å². The summed E-state index contributed by atoms with van der Waals surface area (Å²) in [6.07, 6.45) is 2.04. The average Bonchev–Trinajstić information content (AvgIpc) is 2.52. The van der Waals surface area contributed by atoms with Gasteiger partial charge in [-0.2, -0.15) is 0 Å². The second-order valence-corrected chi connectivity index (χ2v) is 13.2. The zero-order valence-corrected chi connectivity index (χ0v) is 21.4. The molecule has 1 aromatic rings. The van der Waals surface area contributed by atoms with Crippen LogP contribution in [-0.2, 0) is 22.1 Å². The lowest BCUT2D eigenvalue weighted by atomic mass is 9.68. The van der Waals surface area contributed by atoms with Crippen molar-refractivity contribution < 1.29 is 9.84 Å². The highest BCUT2D eigenvalue weighted by molar-refractivity contribution is 5.50. The van der Waals surface area contributed by atoms with Crippen LogP contribution in [0.3, 0.4) is 0 Å². The molecule has 2 rings (SSSR count). The van der Waals surface area contributed by atoms with Crippen molar-refractivity contribution in [1.29, 1.82) is 0 Å². The first-order valence-electron chi connectivity index (χ1n) is 11.7. The molecule has 1 N–H and O–H groups in total. The van der Waals surface area contributed by atoms with Gasteiger partial charge >= 0.3 is 0 Å². The van der Waals surface area contributed by atoms with Crippen molar-refractivity contribution in [2.24, 2.45) is 10.8 Å². The number of phenolic OH excluding ortho intramolecular Hbond substituents is 1. The number of benzene rings is 1. The first-order valence-corrected chi connectivity index (χ1v) is 11.7. The van der Waals surface area contributed by atoms with E-state index in [-0.39, 0.29) is 21.7 Å². The van der Waals surface area contributed by atoms with Crippen molar-refractivity contribution in [1.82, 2.24) is 4.90 Å². The third kappa shape index (κ3) is 6.99. The molecule has 1 saturated heterocycles. The SMILES string of the molecule is CC(C)(C)CC(C)(C)c1cc(CN2CCOCC2)cc(C(C)(C)CC(C)(C)C)c1O. The van der Waals surface area contributed by atoms with E-state index in [1.54, 1.807) is 0 Å². The Balaban J connectivity index is 2.55. The first kappa shape index (κ1) is 25.2. The van der Waals surface area contributed by atoms with Gasteiger partial charge in [-0.1, -0.05) is 81.4 Å². The van der Waals surface area contributed by atoms with Crippen molar-refractivity contribution in [3.8, 4) is 5.75 Å². The quantitative estimate of drug-likeness (QED) is 0.562. The molecule has 0 radical (unpaired) electrons. The van der Waals surface area contributed by atoms with E-state index in [0.29, 0.717) is 5.75 Å². The molecular formula is C27H47NO2. The lowest BCUT2D eigenvalue weighted by molar-refractivity contribution is 0.0341. The Labute approximate surface area is 186 Å². The fourth-order valence-corrected chi connectivity index (χ4v) is 5.68. The van der Waals surface area contributed by atoms with Gasteiger partial charge in [0.25, 0.3) is 0 Å². The summed E-state index contributed by atoms with van der Waals surface area (Å²) in [6.45, 7) is 27.3. The van der Waals surface area contributed by atoms with Crippen LogP contribution in [0.2, 0.25) is 0 Å². The largest absolute Gasteiger partial charge is 0.507 e. The summed E-state index contributed by atoms with van der Waals surface area (Å²) >= 11 is 0. The van der Waals surface area contributed by atoms with Gasteiger partial charge in [-0.3, -0.25) is 4.90 Å². The molecule has 0 amide bonds. The van der Waals surface area contributed by atoms with E-state index in [0.717, 1.165) is 56.8 Å². The number of phenols is 1. The van der Waals surface area contributed by atoms with Gasteiger partial charge in [0.2, 0.25) is 0 Å². The van der Waals surface area contributed by atoms with Crippen LogP contribution in [-0.4, -0.2) is 36.3 Å². The Hall–Kier alpha value is -1.06. The molecule has 0 aromatic heterocycles. The molecule has 0 aliphatic carbocycles. The van der Waals surface area contributed by atoms with Crippen LogP contribution >= 0.6 is 0 Å². The van der Waals surface area contributed by atoms with E-state index in [2.05, 4.69) is 86.3 Å². The zero-order valence-electron chi connectivity index (χ0n) is 21.4. The van der Waals surface area contributed by atoms with E-state index in [1.807, 2.05) is 0 Å². The van der Waals surface area contributed by atoms with E-state index < -0.39 is 0 Å². The molecule has 0 spiro atoms. The van der Waals surface area contributed by atoms with Crippen LogP contribution in [0.5, 0.6) is 5.75 Å². The summed E-state index contributed by atoms with van der Waals surface area (Å²) in [5.74, 6) is 0.504. The minimum absolute atomic E-state index is 0.101. The molecule has 3 heteroatoms. The third-order valence-electron chi connectivity index (χ3n) is 6.08. The number of hydrogen-bond donors (Lipinski definition) is 1. The van der Waals surface area contributed by atoms with Crippen LogP contribution in [0.15, 0.2) is 12.1 Å². The highest BCUT2D eigenvalue weighted by Crippen LogP contribution is 2.47. The van der Waals surface area contributed by atoms with Crippen LogP contribution in [0.1, 0.15) is 98.8 Å². The highest BCUT2D eigenvalue weighted by Gasteiger charge is 2.35. The van der Waals surface area contributed by atoms with Gasteiger partial charge in [0, 0.05) is 30.8 Å². The summed E-state index contributed by atoms with van der Waals surface area (Å²) in [4.78, 5) is 2.47. The number of ether oxygens (including phenoxy) is 1. The summed E-state index contributed by atoms with van der Waals surface area (Å²) in [5, 5.41) is 11.6. The van der Waals surface area contributed by atoms with Gasteiger partial charge in [-0.05, 0) is 40.1 Å². The van der Waals surface area contributed by atoms with Crippen LogP contribution in [0.4, 0.5) is 0 Å². The maximum absolute atomic E-state index is 11.6. The van der Waals surface area contributed by atoms with Crippen molar-refractivity contribution >= 4 is 0 Å². The molecule has 0 unspecified atom stereocenters. The molecule has 1 heterocycles. The Bertz CT molecular complexity index is 664. The van der Waals surface area contributed by atoms with Crippen molar-refractivity contribution in [2.75, 3.05) is 26.3 Å². The lowest BCUT2D eigenvalue weighted by Gasteiger charge is -2.38. The third-order valence-corrected chi connectivity index (χ3v) is 6.08. The maximum atomic E-state index is 11.6. The predicted octanol–water partition coefficient (Wildman–Crippen LogP) is 6.65. The molecule has 30 heavy (non-hydrogen) atoms. The van der Waals surface area contributed by atoms with Crippen LogP contribution < -0.4 is 0 Å². The maximum Gasteiger partial charge on any atom is 0.123 e. The lowest BCUT2D eigenvalue weighted by Crippen LogP contribution is -2.36. The summed E-state index contributed by atoms with van der Waals surface area (Å²) in [7, 11) is 0. The molecule has 172 valence electrons. The second-order valence-electron chi connectivity index (χ2n) is 13.2. The van der Waals surface area contributed by atoms with Gasteiger partial charge in [0.05, 0.1) is 13.2 Å². The normalized spacial score (nSPS) is 17.4. The van der Waals surface area contributed by atoms with Crippen LogP contribution in [0.25, 0.3) is 0 Å². The summed E-state index contributed by atoms with van der Waals surface area (Å²) < 4.78 is 5.54. The number of hydrogen-bond acceptors (Lipinski definition) is 3. The van der Waals surface area contributed by atoms with Gasteiger partial charge < -0.3 is 9.84 Å². The average molecular weight is 418 g/mol. The van der Waals surface area contributed by atoms with E-state index in [1.165, 1.54) is 5.56 Å². The fraction of sp³-hybridized carbons (Fsp3) is 0.778. The number of morpholine rings is 1. The molecular weight excluding hydrogens is 370 g/mol. The summed E-state index contributed by atoms with van der Waals surface area (Å²) in [5.41, 5.74) is 3.68. The molecule has 1 aromatic carbocycles. The molecule has 3 nitrogen and oxygen atoms in total. The smallest absolute Gasteiger partial charge is 0.123 e. The van der Waals surface area contributed by atoms with Gasteiger partial charge in [-0.25, -0.2) is 0 Å². The zero-order chi connectivity index (χ0) is 23.0. The molecule has 1 aliphatic heterocycles. The monoisotopic (exact) mass is 417 g/mol. The van der Waals surface area contributed by atoms with E-state index in [9.17, 15) is 5.11 Å². The van der Waals surface area contributed by atoms with E-state index in [4.69, 9.17) is 4.74 Å². The van der Waals surface area contributed by atoms with Crippen molar-refractivity contribution in [2.45, 2.75) is 99.5 Å².